The predicted octanol–water partition coefficient (Wildman–Crippen LogP) is -0.639. The molecule has 0 aliphatic heterocycles. The standard InChI is InChI=1S/C16H22O12/c1-7(17)24-6-12(25-8(2)18)13(26-9(3)19)14(27-10(4)20)15(16(22)23)28-11(5)21/h12-15H,6H2,1-5H3,(H,22,23)/t12-,13+,14+,15+/m1/s1. The summed E-state index contributed by atoms with van der Waals surface area (Å²) in [6, 6.07) is 0. The van der Waals surface area contributed by atoms with Crippen molar-refractivity contribution in [3.8, 4) is 0 Å². The number of esters is 5. The third-order valence-corrected chi connectivity index (χ3v) is 2.90. The summed E-state index contributed by atoms with van der Waals surface area (Å²) in [4.78, 5) is 68.3. The van der Waals surface area contributed by atoms with Crippen molar-refractivity contribution in [2.75, 3.05) is 6.61 Å². The summed E-state index contributed by atoms with van der Waals surface area (Å²) in [5.74, 6) is -6.40. The van der Waals surface area contributed by atoms with Gasteiger partial charge < -0.3 is 28.8 Å². The molecule has 0 radical (unpaired) electrons. The summed E-state index contributed by atoms with van der Waals surface area (Å²) in [5.41, 5.74) is 0. The SMILES string of the molecule is CC(=O)OC[C@@H](OC(C)=O)[C@H](OC(C)=O)[C@H](OC(C)=O)[C@H](OC(C)=O)C(=O)O. The van der Waals surface area contributed by atoms with Crippen molar-refractivity contribution in [2.24, 2.45) is 0 Å². The van der Waals surface area contributed by atoms with Crippen molar-refractivity contribution >= 4 is 35.8 Å². The van der Waals surface area contributed by atoms with Gasteiger partial charge in [0.1, 0.15) is 6.61 Å². The highest BCUT2D eigenvalue weighted by atomic mass is 16.6. The molecule has 0 unspecified atom stereocenters. The van der Waals surface area contributed by atoms with Crippen LogP contribution in [0.4, 0.5) is 0 Å². The molecule has 12 nitrogen and oxygen atoms in total. The zero-order valence-corrected chi connectivity index (χ0v) is 16.0. The molecule has 0 amide bonds. The van der Waals surface area contributed by atoms with Crippen LogP contribution in [0.2, 0.25) is 0 Å². The highest BCUT2D eigenvalue weighted by Gasteiger charge is 2.47. The fraction of sp³-hybridized carbons (Fsp3) is 0.625. The quantitative estimate of drug-likeness (QED) is 0.360. The number of hydrogen-bond acceptors (Lipinski definition) is 11. The Kier molecular flexibility index (Phi) is 10.2. The molecule has 0 saturated heterocycles. The fourth-order valence-corrected chi connectivity index (χ4v) is 2.08. The molecule has 0 fully saturated rings. The van der Waals surface area contributed by atoms with Gasteiger partial charge in [-0.05, 0) is 0 Å². The molecule has 0 aromatic carbocycles. The van der Waals surface area contributed by atoms with Gasteiger partial charge in [0.05, 0.1) is 0 Å². The Balaban J connectivity index is 6.18. The first-order chi connectivity index (χ1) is 12.8. The average Bonchev–Trinajstić information content (AvgIpc) is 2.51. The molecule has 0 aromatic rings. The first kappa shape index (κ1) is 24.8. The Morgan fingerprint density at radius 1 is 0.643 bits per heavy atom. The van der Waals surface area contributed by atoms with Crippen LogP contribution in [0, 0.1) is 0 Å². The van der Waals surface area contributed by atoms with Gasteiger partial charge in [-0.1, -0.05) is 0 Å². The number of ether oxygens (including phenoxy) is 5. The lowest BCUT2D eigenvalue weighted by Gasteiger charge is -2.33. The molecule has 0 bridgehead atoms. The molecule has 0 spiro atoms. The molecule has 0 aliphatic carbocycles. The molecule has 0 rings (SSSR count). The second-order valence-electron chi connectivity index (χ2n) is 5.47. The monoisotopic (exact) mass is 406 g/mol. The van der Waals surface area contributed by atoms with Crippen LogP contribution >= 0.6 is 0 Å². The van der Waals surface area contributed by atoms with Crippen LogP contribution < -0.4 is 0 Å². The molecular formula is C16H22O12. The van der Waals surface area contributed by atoms with Crippen molar-refractivity contribution < 1.29 is 57.6 Å². The maximum Gasteiger partial charge on any atom is 0.349 e. The van der Waals surface area contributed by atoms with E-state index in [9.17, 15) is 33.9 Å². The van der Waals surface area contributed by atoms with E-state index in [0.717, 1.165) is 34.6 Å². The molecule has 12 heteroatoms. The van der Waals surface area contributed by atoms with Gasteiger partial charge in [-0.25, -0.2) is 4.79 Å². The Hall–Kier alpha value is -3.18. The zero-order chi connectivity index (χ0) is 22.0. The van der Waals surface area contributed by atoms with E-state index in [4.69, 9.17) is 18.9 Å². The van der Waals surface area contributed by atoms with Gasteiger partial charge in [0.2, 0.25) is 6.10 Å². The molecule has 158 valence electrons. The molecule has 0 aliphatic rings. The molecular weight excluding hydrogens is 384 g/mol. The maximum absolute atomic E-state index is 11.6. The van der Waals surface area contributed by atoms with Crippen LogP contribution in [0.1, 0.15) is 34.6 Å². The van der Waals surface area contributed by atoms with Gasteiger partial charge in [0.25, 0.3) is 0 Å². The third kappa shape index (κ3) is 9.50. The second-order valence-corrected chi connectivity index (χ2v) is 5.47. The number of carboxylic acids is 1. The van der Waals surface area contributed by atoms with Gasteiger partial charge in [-0.15, -0.1) is 0 Å². The number of carbonyl (C=O) groups is 6. The molecule has 1 N–H and O–H groups in total. The summed E-state index contributed by atoms with van der Waals surface area (Å²) in [7, 11) is 0. The molecule has 0 aromatic heterocycles. The van der Waals surface area contributed by atoms with Gasteiger partial charge in [0.15, 0.2) is 18.3 Å². The third-order valence-electron chi connectivity index (χ3n) is 2.90. The minimum absolute atomic E-state index is 0.656. The highest BCUT2D eigenvalue weighted by molar-refractivity contribution is 5.78. The minimum atomic E-state index is -2.11. The zero-order valence-electron chi connectivity index (χ0n) is 16.0. The van der Waals surface area contributed by atoms with E-state index in [1.165, 1.54) is 0 Å². The number of carbonyl (C=O) groups excluding carboxylic acids is 5. The van der Waals surface area contributed by atoms with E-state index in [-0.39, 0.29) is 0 Å². The Morgan fingerprint density at radius 3 is 1.43 bits per heavy atom. The fourth-order valence-electron chi connectivity index (χ4n) is 2.08. The van der Waals surface area contributed by atoms with E-state index in [2.05, 4.69) is 4.74 Å². The minimum Gasteiger partial charge on any atom is -0.478 e. The van der Waals surface area contributed by atoms with Crippen LogP contribution in [0.25, 0.3) is 0 Å². The van der Waals surface area contributed by atoms with Gasteiger partial charge in [-0.3, -0.25) is 24.0 Å². The Morgan fingerprint density at radius 2 is 1.07 bits per heavy atom. The lowest BCUT2D eigenvalue weighted by Crippen LogP contribution is -2.55. The van der Waals surface area contributed by atoms with Crippen LogP contribution in [0.3, 0.4) is 0 Å². The van der Waals surface area contributed by atoms with E-state index in [1.54, 1.807) is 0 Å². The molecule has 0 heterocycles. The van der Waals surface area contributed by atoms with E-state index in [1.807, 2.05) is 0 Å². The van der Waals surface area contributed by atoms with Gasteiger partial charge in [0, 0.05) is 34.6 Å². The number of rotatable bonds is 10. The summed E-state index contributed by atoms with van der Waals surface area (Å²) in [5, 5.41) is 9.37. The Labute approximate surface area is 160 Å². The molecule has 0 saturated carbocycles. The van der Waals surface area contributed by atoms with Gasteiger partial charge in [-0.2, -0.15) is 0 Å². The van der Waals surface area contributed by atoms with E-state index < -0.39 is 66.8 Å². The second kappa shape index (κ2) is 11.5. The normalized spacial score (nSPS) is 14.5. The molecule has 4 atom stereocenters. The lowest BCUT2D eigenvalue weighted by molar-refractivity contribution is -0.206. The average molecular weight is 406 g/mol. The highest BCUT2D eigenvalue weighted by Crippen LogP contribution is 2.20. The first-order valence-electron chi connectivity index (χ1n) is 7.90. The maximum atomic E-state index is 11.6. The van der Waals surface area contributed by atoms with Crippen molar-refractivity contribution in [1.82, 2.24) is 0 Å². The summed E-state index contributed by atoms with van der Waals surface area (Å²) in [6.45, 7) is 4.18. The summed E-state index contributed by atoms with van der Waals surface area (Å²) >= 11 is 0. The smallest absolute Gasteiger partial charge is 0.349 e. The topological polar surface area (TPSA) is 169 Å². The van der Waals surface area contributed by atoms with E-state index in [0.29, 0.717) is 0 Å². The largest absolute Gasteiger partial charge is 0.478 e. The summed E-state index contributed by atoms with van der Waals surface area (Å²) < 4.78 is 24.2. The van der Waals surface area contributed by atoms with Crippen molar-refractivity contribution in [3.05, 3.63) is 0 Å². The van der Waals surface area contributed by atoms with Crippen LogP contribution in [-0.2, 0) is 52.5 Å². The number of aliphatic carboxylic acids is 1. The predicted molar refractivity (Wildman–Crippen MR) is 86.5 cm³/mol. The van der Waals surface area contributed by atoms with Crippen LogP contribution in [-0.4, -0.2) is 71.9 Å². The molecule has 28 heavy (non-hydrogen) atoms. The number of carboxylic acid groups (broad SMARTS) is 1. The number of hydrogen-bond donors (Lipinski definition) is 1. The van der Waals surface area contributed by atoms with Gasteiger partial charge >= 0.3 is 35.8 Å². The van der Waals surface area contributed by atoms with Crippen LogP contribution in [0.5, 0.6) is 0 Å². The van der Waals surface area contributed by atoms with Crippen molar-refractivity contribution in [2.45, 2.75) is 59.0 Å². The lowest BCUT2D eigenvalue weighted by atomic mass is 10.0. The van der Waals surface area contributed by atoms with E-state index >= 15 is 0 Å². The Bertz CT molecular complexity index is 625. The van der Waals surface area contributed by atoms with Crippen molar-refractivity contribution in [3.63, 3.8) is 0 Å². The first-order valence-corrected chi connectivity index (χ1v) is 7.90. The van der Waals surface area contributed by atoms with Crippen molar-refractivity contribution in [1.29, 1.82) is 0 Å². The van der Waals surface area contributed by atoms with Crippen LogP contribution in [0.15, 0.2) is 0 Å². The summed E-state index contributed by atoms with van der Waals surface area (Å²) in [6.07, 6.45) is -7.36.